The van der Waals surface area contributed by atoms with Crippen LogP contribution in [0.4, 0.5) is 4.39 Å². The van der Waals surface area contributed by atoms with Crippen molar-refractivity contribution >= 4 is 27.6 Å². The van der Waals surface area contributed by atoms with Crippen molar-refractivity contribution < 1.29 is 14.0 Å². The van der Waals surface area contributed by atoms with E-state index >= 15 is 0 Å². The molecule has 1 fully saturated rings. The van der Waals surface area contributed by atoms with Gasteiger partial charge < -0.3 is 10.2 Å². The number of hydrogen-bond donors (Lipinski definition) is 1. The highest BCUT2D eigenvalue weighted by Crippen LogP contribution is 2.46. The van der Waals surface area contributed by atoms with Gasteiger partial charge in [-0.1, -0.05) is 18.9 Å². The third-order valence-corrected chi connectivity index (χ3v) is 7.13. The van der Waals surface area contributed by atoms with Crippen LogP contribution in [0.5, 0.6) is 0 Å². The van der Waals surface area contributed by atoms with Crippen molar-refractivity contribution in [1.82, 2.24) is 10.2 Å². The molecule has 0 bridgehead atoms. The van der Waals surface area contributed by atoms with Gasteiger partial charge in [0, 0.05) is 35.3 Å². The van der Waals surface area contributed by atoms with Gasteiger partial charge in [0.1, 0.15) is 5.82 Å². The highest BCUT2D eigenvalue weighted by Gasteiger charge is 2.46. The van der Waals surface area contributed by atoms with Crippen LogP contribution in [-0.4, -0.2) is 29.2 Å². The largest absolute Gasteiger partial charge is 0.360 e. The predicted molar refractivity (Wildman–Crippen MR) is 107 cm³/mol. The second kappa shape index (κ2) is 6.83. The first-order valence-electron chi connectivity index (χ1n) is 10.1. The van der Waals surface area contributed by atoms with E-state index in [1.807, 2.05) is 4.90 Å². The summed E-state index contributed by atoms with van der Waals surface area (Å²) in [6, 6.07) is 5.11. The first-order valence-corrected chi connectivity index (χ1v) is 10.9. The number of dihydropyridines is 1. The molecule has 4 aliphatic rings. The highest BCUT2D eigenvalue weighted by molar-refractivity contribution is 9.10. The first kappa shape index (κ1) is 18.1. The number of benzene rings is 1. The zero-order chi connectivity index (χ0) is 19.4. The van der Waals surface area contributed by atoms with Crippen molar-refractivity contribution in [1.29, 1.82) is 0 Å². The number of nitrogens with zero attached hydrogens (tertiary/aromatic N) is 1. The Kier molecular flexibility index (Phi) is 4.42. The normalized spacial score (nSPS) is 25.4. The van der Waals surface area contributed by atoms with Crippen molar-refractivity contribution in [2.75, 3.05) is 6.54 Å². The highest BCUT2D eigenvalue weighted by atomic mass is 79.9. The molecule has 4 nitrogen and oxygen atoms in total. The van der Waals surface area contributed by atoms with Gasteiger partial charge in [0.05, 0.1) is 16.6 Å². The molecule has 1 aromatic carbocycles. The summed E-state index contributed by atoms with van der Waals surface area (Å²) in [4.78, 5) is 28.3. The second-order valence-electron chi connectivity index (χ2n) is 8.16. The van der Waals surface area contributed by atoms with Crippen LogP contribution in [0.1, 0.15) is 56.4 Å². The molecule has 1 N–H and O–H groups in total. The van der Waals surface area contributed by atoms with Crippen molar-refractivity contribution in [2.45, 2.75) is 56.9 Å². The Bertz CT molecular complexity index is 946. The van der Waals surface area contributed by atoms with Crippen LogP contribution < -0.4 is 5.32 Å². The minimum atomic E-state index is -0.408. The van der Waals surface area contributed by atoms with E-state index in [1.54, 1.807) is 12.1 Å². The summed E-state index contributed by atoms with van der Waals surface area (Å²) in [7, 11) is 0. The number of carbonyl (C=O) groups is 2. The number of hydrogen-bond acceptors (Lipinski definition) is 3. The van der Waals surface area contributed by atoms with Gasteiger partial charge in [0.15, 0.2) is 5.78 Å². The Hall–Kier alpha value is -1.95. The lowest BCUT2D eigenvalue weighted by Gasteiger charge is -2.32. The van der Waals surface area contributed by atoms with Gasteiger partial charge in [0.2, 0.25) is 0 Å². The van der Waals surface area contributed by atoms with Crippen LogP contribution in [0.15, 0.2) is 45.2 Å². The Balaban J connectivity index is 1.61. The monoisotopic (exact) mass is 444 g/mol. The van der Waals surface area contributed by atoms with Gasteiger partial charge in [-0.2, -0.15) is 0 Å². The molecule has 1 saturated carbocycles. The minimum Gasteiger partial charge on any atom is -0.360 e. The number of allylic oxidation sites excluding steroid dienone is 2. The number of amides is 1. The summed E-state index contributed by atoms with van der Waals surface area (Å²) in [5.74, 6) is -0.626. The molecule has 5 rings (SSSR count). The molecule has 2 heterocycles. The summed E-state index contributed by atoms with van der Waals surface area (Å²) in [5.41, 5.74) is 4.05. The maximum atomic E-state index is 13.9. The molecule has 2 aliphatic carbocycles. The molecule has 0 aromatic heterocycles. The van der Waals surface area contributed by atoms with Crippen molar-refractivity contribution in [2.24, 2.45) is 0 Å². The minimum absolute atomic E-state index is 0.0322. The Labute approximate surface area is 172 Å². The van der Waals surface area contributed by atoms with Crippen LogP contribution in [0, 0.1) is 5.82 Å². The van der Waals surface area contributed by atoms with Gasteiger partial charge in [-0.3, -0.25) is 9.59 Å². The zero-order valence-electron chi connectivity index (χ0n) is 15.6. The molecular formula is C22H22BrFN2O2. The zero-order valence-corrected chi connectivity index (χ0v) is 17.1. The van der Waals surface area contributed by atoms with E-state index in [2.05, 4.69) is 21.2 Å². The van der Waals surface area contributed by atoms with Gasteiger partial charge >= 0.3 is 0 Å². The average Bonchev–Trinajstić information content (AvgIpc) is 3.31. The Morgan fingerprint density at radius 3 is 2.57 bits per heavy atom. The smallest absolute Gasteiger partial charge is 0.253 e. The maximum absolute atomic E-state index is 13.9. The topological polar surface area (TPSA) is 49.4 Å². The molecule has 0 radical (unpaired) electrons. The van der Waals surface area contributed by atoms with Crippen LogP contribution in [0.3, 0.4) is 0 Å². The Morgan fingerprint density at radius 1 is 1.04 bits per heavy atom. The average molecular weight is 445 g/mol. The fraction of sp³-hybridized carbons (Fsp3) is 0.455. The van der Waals surface area contributed by atoms with Gasteiger partial charge in [0.25, 0.3) is 5.91 Å². The van der Waals surface area contributed by atoms with Crippen molar-refractivity contribution in [3.63, 3.8) is 0 Å². The lowest BCUT2D eigenvalue weighted by Crippen LogP contribution is -2.36. The van der Waals surface area contributed by atoms with Crippen LogP contribution in [-0.2, 0) is 9.59 Å². The number of rotatable bonds is 2. The number of nitrogens with one attached hydrogen (secondary N) is 1. The first-order chi connectivity index (χ1) is 13.5. The predicted octanol–water partition coefficient (Wildman–Crippen LogP) is 4.32. The molecule has 0 spiro atoms. The molecular weight excluding hydrogens is 423 g/mol. The molecule has 0 saturated heterocycles. The van der Waals surface area contributed by atoms with E-state index in [0.29, 0.717) is 28.6 Å². The molecule has 6 heteroatoms. The molecule has 0 unspecified atom stereocenters. The molecule has 2 aliphatic heterocycles. The van der Waals surface area contributed by atoms with Crippen LogP contribution in [0.2, 0.25) is 0 Å². The third-order valence-electron chi connectivity index (χ3n) is 6.52. The molecule has 28 heavy (non-hydrogen) atoms. The standard InChI is InChI=1S/C22H22BrFN2O2/c23-14-10-12(8-9-15(14)24)19-20-16(6-3-7-18(20)27)25-17-11-26(22(28)21(17)19)13-4-1-2-5-13/h8-10,13,19,25H,1-7,11H2/t19-/m0/s1. The lowest BCUT2D eigenvalue weighted by atomic mass is 9.75. The molecule has 146 valence electrons. The molecule has 1 atom stereocenters. The van der Waals surface area contributed by atoms with E-state index in [4.69, 9.17) is 0 Å². The number of Topliss-reactive ketones (excluding diaryl/α,β-unsaturated/α-hetero) is 1. The summed E-state index contributed by atoms with van der Waals surface area (Å²) in [6.07, 6.45) is 6.56. The van der Waals surface area contributed by atoms with Crippen molar-refractivity contribution in [3.8, 4) is 0 Å². The SMILES string of the molecule is O=C1CCCC2=C1[C@H](c1ccc(F)c(Br)c1)C1=C(CN(C3CCCC3)C1=O)N2. The van der Waals surface area contributed by atoms with E-state index in [9.17, 15) is 14.0 Å². The molecule has 1 amide bonds. The summed E-state index contributed by atoms with van der Waals surface area (Å²) < 4.78 is 14.2. The van der Waals surface area contributed by atoms with Crippen LogP contribution in [0.25, 0.3) is 0 Å². The van der Waals surface area contributed by atoms with Gasteiger partial charge in [-0.15, -0.1) is 0 Å². The lowest BCUT2D eigenvalue weighted by molar-refractivity contribution is -0.127. The summed E-state index contributed by atoms with van der Waals surface area (Å²) >= 11 is 3.27. The summed E-state index contributed by atoms with van der Waals surface area (Å²) in [6.45, 7) is 0.586. The van der Waals surface area contributed by atoms with Gasteiger partial charge in [-0.25, -0.2) is 4.39 Å². The Morgan fingerprint density at radius 2 is 1.82 bits per heavy atom. The van der Waals surface area contributed by atoms with Gasteiger partial charge in [-0.05, 0) is 59.3 Å². The van der Waals surface area contributed by atoms with E-state index in [-0.39, 0.29) is 23.5 Å². The number of ketones is 1. The fourth-order valence-electron chi connectivity index (χ4n) is 5.21. The third kappa shape index (κ3) is 2.76. The summed E-state index contributed by atoms with van der Waals surface area (Å²) in [5, 5.41) is 3.45. The number of carbonyl (C=O) groups excluding carboxylic acids is 2. The van der Waals surface area contributed by atoms with E-state index in [0.717, 1.165) is 55.5 Å². The van der Waals surface area contributed by atoms with Crippen LogP contribution >= 0.6 is 15.9 Å². The fourth-order valence-corrected chi connectivity index (χ4v) is 5.60. The van der Waals surface area contributed by atoms with E-state index < -0.39 is 5.92 Å². The molecule has 1 aromatic rings. The van der Waals surface area contributed by atoms with E-state index in [1.165, 1.54) is 6.07 Å². The van der Waals surface area contributed by atoms with Crippen molar-refractivity contribution in [3.05, 3.63) is 56.6 Å². The quantitative estimate of drug-likeness (QED) is 0.738. The second-order valence-corrected chi connectivity index (χ2v) is 9.02. The maximum Gasteiger partial charge on any atom is 0.253 e. The number of halogens is 2.